The van der Waals surface area contributed by atoms with Crippen molar-refractivity contribution in [2.24, 2.45) is 0 Å². The first kappa shape index (κ1) is 25.8. The number of aryl methyl sites for hydroxylation is 1. The van der Waals surface area contributed by atoms with Gasteiger partial charge >= 0.3 is 0 Å². The van der Waals surface area contributed by atoms with E-state index in [1.165, 1.54) is 5.56 Å². The van der Waals surface area contributed by atoms with E-state index in [1.54, 1.807) is 14.2 Å². The van der Waals surface area contributed by atoms with Gasteiger partial charge in [0.25, 0.3) is 0 Å². The van der Waals surface area contributed by atoms with Crippen LogP contribution in [-0.2, 0) is 6.42 Å². The molecule has 5 nitrogen and oxygen atoms in total. The first-order valence-electron chi connectivity index (χ1n) is 12.8. The van der Waals surface area contributed by atoms with Crippen LogP contribution >= 0.6 is 0 Å². The van der Waals surface area contributed by atoms with Crippen LogP contribution in [0.4, 0.5) is 0 Å². The average molecular weight is 488 g/mol. The number of methoxy groups -OCH3 is 2. The second kappa shape index (κ2) is 12.1. The molecule has 0 radical (unpaired) electrons. The number of hydrogen-bond acceptors (Lipinski definition) is 5. The normalized spacial score (nSPS) is 13.9. The lowest BCUT2D eigenvalue weighted by atomic mass is 9.79. The second-order valence-electron chi connectivity index (χ2n) is 8.99. The van der Waals surface area contributed by atoms with Gasteiger partial charge in [0.1, 0.15) is 30.0 Å². The molecule has 190 valence electrons. The molecule has 0 amide bonds. The van der Waals surface area contributed by atoms with Crippen molar-refractivity contribution >= 4 is 11.1 Å². The van der Waals surface area contributed by atoms with Crippen LogP contribution in [0, 0.1) is 0 Å². The molecule has 0 aromatic heterocycles. The summed E-state index contributed by atoms with van der Waals surface area (Å²) in [6, 6.07) is 22.0. The number of nitrogens with zero attached hydrogens (tertiary/aromatic N) is 1. The van der Waals surface area contributed by atoms with Crippen LogP contribution in [0.1, 0.15) is 48.6 Å². The van der Waals surface area contributed by atoms with Gasteiger partial charge in [-0.2, -0.15) is 0 Å². The van der Waals surface area contributed by atoms with Gasteiger partial charge < -0.3 is 24.2 Å². The highest BCUT2D eigenvalue weighted by molar-refractivity contribution is 5.95. The summed E-state index contributed by atoms with van der Waals surface area (Å²) in [5, 5.41) is 11.7. The monoisotopic (exact) mass is 487 g/mol. The maximum absolute atomic E-state index is 11.7. The van der Waals surface area contributed by atoms with Gasteiger partial charge in [-0.1, -0.05) is 44.2 Å². The summed E-state index contributed by atoms with van der Waals surface area (Å²) >= 11 is 0. The lowest BCUT2D eigenvalue weighted by Crippen LogP contribution is -2.27. The molecule has 0 spiro atoms. The van der Waals surface area contributed by atoms with E-state index in [2.05, 4.69) is 43.0 Å². The van der Waals surface area contributed by atoms with Crippen LogP contribution in [-0.4, -0.2) is 50.5 Å². The molecule has 0 fully saturated rings. The zero-order chi connectivity index (χ0) is 25.5. The number of aliphatic hydroxyl groups is 1. The number of aliphatic hydroxyl groups excluding tert-OH is 1. The fraction of sp³-hybridized carbons (Fsp3) is 0.355. The van der Waals surface area contributed by atoms with Gasteiger partial charge in [-0.3, -0.25) is 0 Å². The molecule has 36 heavy (non-hydrogen) atoms. The quantitative estimate of drug-likeness (QED) is 0.359. The molecule has 0 aliphatic heterocycles. The summed E-state index contributed by atoms with van der Waals surface area (Å²) in [6.45, 7) is 7.90. The molecule has 3 aromatic rings. The van der Waals surface area contributed by atoms with Crippen LogP contribution in [0.25, 0.3) is 11.1 Å². The summed E-state index contributed by atoms with van der Waals surface area (Å²) < 4.78 is 16.8. The molecule has 1 aliphatic rings. The first-order chi connectivity index (χ1) is 17.6. The van der Waals surface area contributed by atoms with Crippen molar-refractivity contribution in [3.63, 3.8) is 0 Å². The summed E-state index contributed by atoms with van der Waals surface area (Å²) in [6.07, 6.45) is 0.966. The summed E-state index contributed by atoms with van der Waals surface area (Å²) in [5.41, 5.74) is 6.30. The zero-order valence-corrected chi connectivity index (χ0v) is 21.8. The van der Waals surface area contributed by atoms with Crippen molar-refractivity contribution in [3.05, 3.63) is 89.0 Å². The molecule has 1 N–H and O–H groups in total. The third-order valence-corrected chi connectivity index (χ3v) is 7.05. The van der Waals surface area contributed by atoms with Crippen LogP contribution in [0.3, 0.4) is 0 Å². The Morgan fingerprint density at radius 1 is 0.806 bits per heavy atom. The van der Waals surface area contributed by atoms with Crippen LogP contribution in [0.2, 0.25) is 0 Å². The fourth-order valence-electron chi connectivity index (χ4n) is 4.87. The molecule has 3 aromatic carbocycles. The number of ether oxygens (including phenoxy) is 3. The maximum atomic E-state index is 11.7. The molecule has 4 rings (SSSR count). The number of allylic oxidation sites excluding steroid dienone is 1. The van der Waals surface area contributed by atoms with E-state index in [9.17, 15) is 5.11 Å². The molecule has 1 unspecified atom stereocenters. The van der Waals surface area contributed by atoms with E-state index < -0.39 is 6.10 Å². The Labute approximate surface area is 214 Å². The van der Waals surface area contributed by atoms with Gasteiger partial charge in [0.2, 0.25) is 0 Å². The Morgan fingerprint density at radius 3 is 2.08 bits per heavy atom. The largest absolute Gasteiger partial charge is 0.497 e. The fourth-order valence-corrected chi connectivity index (χ4v) is 4.87. The minimum Gasteiger partial charge on any atom is -0.497 e. The van der Waals surface area contributed by atoms with E-state index in [-0.39, 0.29) is 0 Å². The smallest absolute Gasteiger partial charge is 0.119 e. The SMILES string of the molecule is CCN(CC)CCOc1ccc(C(O)C2=C(c3ccc(OC)cc3)CCc3cc(OC)ccc32)cc1. The number of benzene rings is 3. The minimum absolute atomic E-state index is 0.644. The van der Waals surface area contributed by atoms with Crippen molar-refractivity contribution in [2.45, 2.75) is 32.8 Å². The van der Waals surface area contributed by atoms with Gasteiger partial charge in [0, 0.05) is 6.54 Å². The molecule has 1 atom stereocenters. The predicted octanol–water partition coefficient (Wildman–Crippen LogP) is 6.02. The van der Waals surface area contributed by atoms with E-state index in [4.69, 9.17) is 14.2 Å². The number of rotatable bonds is 11. The molecule has 1 aliphatic carbocycles. The summed E-state index contributed by atoms with van der Waals surface area (Å²) in [4.78, 5) is 2.33. The van der Waals surface area contributed by atoms with Gasteiger partial charge in [0.05, 0.1) is 14.2 Å². The third-order valence-electron chi connectivity index (χ3n) is 7.05. The lowest BCUT2D eigenvalue weighted by molar-refractivity contribution is 0.222. The van der Waals surface area contributed by atoms with E-state index in [0.29, 0.717) is 6.61 Å². The predicted molar refractivity (Wildman–Crippen MR) is 146 cm³/mol. The van der Waals surface area contributed by atoms with E-state index >= 15 is 0 Å². The summed E-state index contributed by atoms with van der Waals surface area (Å²) in [5.74, 6) is 2.47. The highest BCUT2D eigenvalue weighted by atomic mass is 16.5. The molecule has 0 saturated carbocycles. The Morgan fingerprint density at radius 2 is 1.44 bits per heavy atom. The van der Waals surface area contributed by atoms with Gasteiger partial charge in [-0.15, -0.1) is 0 Å². The molecular formula is C31H37NO4. The number of hydrogen-bond donors (Lipinski definition) is 1. The van der Waals surface area contributed by atoms with Gasteiger partial charge in [0.15, 0.2) is 0 Å². The Balaban J connectivity index is 1.64. The Kier molecular flexibility index (Phi) is 8.68. The molecule has 0 heterocycles. The number of likely N-dealkylation sites (N-methyl/N-ethyl adjacent to an activating group) is 1. The molecule has 5 heteroatoms. The van der Waals surface area contributed by atoms with Crippen LogP contribution in [0.15, 0.2) is 66.7 Å². The van der Waals surface area contributed by atoms with Crippen molar-refractivity contribution in [1.82, 2.24) is 4.90 Å². The standard InChI is InChI=1S/C31H37NO4/c1-5-32(6-2)19-20-36-26-14-9-23(10-15-26)31(33)30-28(22-7-12-25(34-3)13-8-22)17-11-24-21-27(35-4)16-18-29(24)30/h7-10,12-16,18,21,31,33H,5-6,11,17,19-20H2,1-4H3. The van der Waals surface area contributed by atoms with Crippen molar-refractivity contribution < 1.29 is 19.3 Å². The topological polar surface area (TPSA) is 51.2 Å². The summed E-state index contributed by atoms with van der Waals surface area (Å²) in [7, 11) is 3.36. The Bertz CT molecular complexity index is 1160. The van der Waals surface area contributed by atoms with Gasteiger partial charge in [-0.05, 0) is 95.7 Å². The highest BCUT2D eigenvalue weighted by Crippen LogP contribution is 2.44. The lowest BCUT2D eigenvalue weighted by Gasteiger charge is -2.28. The maximum Gasteiger partial charge on any atom is 0.119 e. The number of fused-ring (bicyclic) bond motifs is 1. The zero-order valence-electron chi connectivity index (χ0n) is 21.8. The first-order valence-corrected chi connectivity index (χ1v) is 12.8. The van der Waals surface area contributed by atoms with Crippen molar-refractivity contribution in [2.75, 3.05) is 40.5 Å². The second-order valence-corrected chi connectivity index (χ2v) is 8.99. The van der Waals surface area contributed by atoms with Crippen molar-refractivity contribution in [1.29, 1.82) is 0 Å². The molecule has 0 bridgehead atoms. The average Bonchev–Trinajstić information content (AvgIpc) is 2.94. The third kappa shape index (κ3) is 5.75. The molecule has 0 saturated heterocycles. The van der Waals surface area contributed by atoms with E-state index in [1.807, 2.05) is 42.5 Å². The molecular weight excluding hydrogens is 450 g/mol. The van der Waals surface area contributed by atoms with E-state index in [0.717, 1.165) is 77.6 Å². The van der Waals surface area contributed by atoms with Gasteiger partial charge in [-0.25, -0.2) is 0 Å². The minimum atomic E-state index is -0.765. The Hall–Kier alpha value is -3.28. The van der Waals surface area contributed by atoms with Crippen molar-refractivity contribution in [3.8, 4) is 17.2 Å². The van der Waals surface area contributed by atoms with Crippen LogP contribution < -0.4 is 14.2 Å². The highest BCUT2D eigenvalue weighted by Gasteiger charge is 2.27. The van der Waals surface area contributed by atoms with Crippen LogP contribution in [0.5, 0.6) is 17.2 Å².